The Bertz CT molecular complexity index is 532. The monoisotopic (exact) mass is 250 g/mol. The van der Waals surface area contributed by atoms with E-state index in [1.165, 1.54) is 0 Å². The van der Waals surface area contributed by atoms with Crippen molar-refractivity contribution in [3.8, 4) is 17.4 Å². The second-order valence-electron chi connectivity index (χ2n) is 3.32. The maximum atomic E-state index is 5.87. The van der Waals surface area contributed by atoms with E-state index < -0.39 is 0 Å². The molecular formula is C12H11ClN2O2. The van der Waals surface area contributed by atoms with Crippen molar-refractivity contribution in [2.24, 2.45) is 0 Å². The molecule has 0 radical (unpaired) electrons. The SMILES string of the molecule is COc1cc(Oc2cc(Cl)ccc2N)ccn1. The summed E-state index contributed by atoms with van der Waals surface area (Å²) >= 11 is 5.87. The highest BCUT2D eigenvalue weighted by molar-refractivity contribution is 6.30. The second-order valence-corrected chi connectivity index (χ2v) is 3.75. The smallest absolute Gasteiger partial charge is 0.216 e. The molecule has 0 aliphatic carbocycles. The van der Waals surface area contributed by atoms with E-state index in [4.69, 9.17) is 26.8 Å². The predicted molar refractivity (Wildman–Crippen MR) is 66.7 cm³/mol. The third-order valence-corrected chi connectivity index (χ3v) is 2.35. The molecule has 0 amide bonds. The molecule has 1 aromatic heterocycles. The van der Waals surface area contributed by atoms with Gasteiger partial charge in [-0.1, -0.05) is 11.6 Å². The van der Waals surface area contributed by atoms with Crippen molar-refractivity contribution in [3.63, 3.8) is 0 Å². The molecule has 0 saturated heterocycles. The van der Waals surface area contributed by atoms with Gasteiger partial charge >= 0.3 is 0 Å². The molecule has 2 N–H and O–H groups in total. The Kier molecular flexibility index (Phi) is 3.35. The minimum atomic E-state index is 0.475. The molecule has 0 atom stereocenters. The molecule has 0 aliphatic rings. The molecule has 0 spiro atoms. The number of nitrogens with two attached hydrogens (primary N) is 1. The lowest BCUT2D eigenvalue weighted by atomic mass is 10.3. The van der Waals surface area contributed by atoms with E-state index in [0.29, 0.717) is 28.1 Å². The van der Waals surface area contributed by atoms with Gasteiger partial charge in [0.15, 0.2) is 5.75 Å². The zero-order chi connectivity index (χ0) is 12.3. The highest BCUT2D eigenvalue weighted by atomic mass is 35.5. The first kappa shape index (κ1) is 11.5. The van der Waals surface area contributed by atoms with Gasteiger partial charge in [0.25, 0.3) is 0 Å². The molecule has 88 valence electrons. The number of rotatable bonds is 3. The standard InChI is InChI=1S/C12H11ClN2O2/c1-16-12-7-9(4-5-15-12)17-11-6-8(13)2-3-10(11)14/h2-7H,14H2,1H3. The van der Waals surface area contributed by atoms with Crippen molar-refractivity contribution in [1.82, 2.24) is 4.98 Å². The highest BCUT2D eigenvalue weighted by Crippen LogP contribution is 2.30. The van der Waals surface area contributed by atoms with Crippen LogP contribution in [0.1, 0.15) is 0 Å². The Morgan fingerprint density at radius 1 is 1.24 bits per heavy atom. The van der Waals surface area contributed by atoms with E-state index in [-0.39, 0.29) is 0 Å². The summed E-state index contributed by atoms with van der Waals surface area (Å²) in [5, 5.41) is 0.565. The minimum Gasteiger partial charge on any atom is -0.481 e. The number of aromatic nitrogens is 1. The van der Waals surface area contributed by atoms with Gasteiger partial charge in [0.05, 0.1) is 12.8 Å². The van der Waals surface area contributed by atoms with Crippen molar-refractivity contribution in [2.75, 3.05) is 12.8 Å². The highest BCUT2D eigenvalue weighted by Gasteiger charge is 2.04. The number of nitrogen functional groups attached to an aromatic ring is 1. The van der Waals surface area contributed by atoms with Gasteiger partial charge in [-0.3, -0.25) is 0 Å². The summed E-state index contributed by atoms with van der Waals surface area (Å²) in [5.41, 5.74) is 6.30. The zero-order valence-corrected chi connectivity index (χ0v) is 9.94. The molecule has 1 heterocycles. The van der Waals surface area contributed by atoms with E-state index in [1.807, 2.05) is 0 Å². The molecule has 17 heavy (non-hydrogen) atoms. The Morgan fingerprint density at radius 3 is 2.82 bits per heavy atom. The van der Waals surface area contributed by atoms with Gasteiger partial charge in [-0.15, -0.1) is 0 Å². The fraction of sp³-hybridized carbons (Fsp3) is 0.0833. The Balaban J connectivity index is 2.27. The molecule has 4 nitrogen and oxygen atoms in total. The number of pyridine rings is 1. The normalized spacial score (nSPS) is 10.0. The van der Waals surface area contributed by atoms with Gasteiger partial charge in [0, 0.05) is 23.4 Å². The quantitative estimate of drug-likeness (QED) is 0.851. The van der Waals surface area contributed by atoms with E-state index in [1.54, 1.807) is 43.6 Å². The first-order valence-corrected chi connectivity index (χ1v) is 5.30. The van der Waals surface area contributed by atoms with Gasteiger partial charge in [0.2, 0.25) is 5.88 Å². The third-order valence-electron chi connectivity index (χ3n) is 2.12. The van der Waals surface area contributed by atoms with Crippen LogP contribution < -0.4 is 15.2 Å². The predicted octanol–water partition coefficient (Wildman–Crippen LogP) is 3.12. The first-order valence-electron chi connectivity index (χ1n) is 4.92. The summed E-state index contributed by atoms with van der Waals surface area (Å²) < 4.78 is 10.6. The summed E-state index contributed by atoms with van der Waals surface area (Å²) in [4.78, 5) is 3.98. The van der Waals surface area contributed by atoms with Crippen LogP contribution in [0.5, 0.6) is 17.4 Å². The summed E-state index contributed by atoms with van der Waals surface area (Å²) in [5.74, 6) is 1.57. The van der Waals surface area contributed by atoms with Crippen LogP contribution >= 0.6 is 11.6 Å². The van der Waals surface area contributed by atoms with Gasteiger partial charge in [-0.05, 0) is 18.2 Å². The van der Waals surface area contributed by atoms with Crippen LogP contribution in [-0.2, 0) is 0 Å². The second kappa shape index (κ2) is 4.93. The third kappa shape index (κ3) is 2.79. The number of halogens is 1. The number of methoxy groups -OCH3 is 1. The van der Waals surface area contributed by atoms with E-state index >= 15 is 0 Å². The van der Waals surface area contributed by atoms with Crippen LogP contribution in [0.3, 0.4) is 0 Å². The number of benzene rings is 1. The number of nitrogens with zero attached hydrogens (tertiary/aromatic N) is 1. The van der Waals surface area contributed by atoms with Crippen molar-refractivity contribution < 1.29 is 9.47 Å². The zero-order valence-electron chi connectivity index (χ0n) is 9.18. The molecule has 5 heteroatoms. The van der Waals surface area contributed by atoms with Crippen molar-refractivity contribution >= 4 is 17.3 Å². The topological polar surface area (TPSA) is 57.4 Å². The Labute approximate surface area is 104 Å². The Morgan fingerprint density at radius 2 is 2.06 bits per heavy atom. The van der Waals surface area contributed by atoms with Crippen LogP contribution in [0.2, 0.25) is 5.02 Å². The lowest BCUT2D eigenvalue weighted by Gasteiger charge is -2.09. The van der Waals surface area contributed by atoms with Gasteiger partial charge < -0.3 is 15.2 Å². The fourth-order valence-electron chi connectivity index (χ4n) is 1.29. The van der Waals surface area contributed by atoms with Crippen molar-refractivity contribution in [1.29, 1.82) is 0 Å². The maximum Gasteiger partial charge on any atom is 0.216 e. The van der Waals surface area contributed by atoms with E-state index in [9.17, 15) is 0 Å². The molecule has 0 bridgehead atoms. The molecule has 0 unspecified atom stereocenters. The summed E-state index contributed by atoms with van der Waals surface area (Å²) in [6.45, 7) is 0. The number of hydrogen-bond donors (Lipinski definition) is 1. The molecule has 0 aliphatic heterocycles. The maximum absolute atomic E-state index is 5.87. The Hall–Kier alpha value is -1.94. The van der Waals surface area contributed by atoms with Crippen LogP contribution in [-0.4, -0.2) is 12.1 Å². The van der Waals surface area contributed by atoms with Crippen LogP contribution in [0.15, 0.2) is 36.5 Å². The van der Waals surface area contributed by atoms with Crippen molar-refractivity contribution in [2.45, 2.75) is 0 Å². The minimum absolute atomic E-state index is 0.475. The molecule has 2 aromatic rings. The lowest BCUT2D eigenvalue weighted by molar-refractivity contribution is 0.392. The summed E-state index contributed by atoms with van der Waals surface area (Å²) in [6.07, 6.45) is 1.59. The number of ether oxygens (including phenoxy) is 2. The van der Waals surface area contributed by atoms with Crippen LogP contribution in [0.4, 0.5) is 5.69 Å². The van der Waals surface area contributed by atoms with E-state index in [0.717, 1.165) is 0 Å². The lowest BCUT2D eigenvalue weighted by Crippen LogP contribution is -1.93. The molecular weight excluding hydrogens is 240 g/mol. The average Bonchev–Trinajstić information content (AvgIpc) is 2.34. The average molecular weight is 251 g/mol. The van der Waals surface area contributed by atoms with Gasteiger partial charge in [-0.2, -0.15) is 0 Å². The molecule has 0 fully saturated rings. The fourth-order valence-corrected chi connectivity index (χ4v) is 1.45. The van der Waals surface area contributed by atoms with Gasteiger partial charge in [0.1, 0.15) is 5.75 Å². The van der Waals surface area contributed by atoms with Crippen LogP contribution in [0.25, 0.3) is 0 Å². The number of anilines is 1. The summed E-state index contributed by atoms with van der Waals surface area (Å²) in [7, 11) is 1.54. The van der Waals surface area contributed by atoms with E-state index in [2.05, 4.69) is 4.98 Å². The molecule has 0 saturated carbocycles. The van der Waals surface area contributed by atoms with Crippen LogP contribution in [0, 0.1) is 0 Å². The number of hydrogen-bond acceptors (Lipinski definition) is 4. The van der Waals surface area contributed by atoms with Gasteiger partial charge in [-0.25, -0.2) is 4.98 Å². The molecule has 1 aromatic carbocycles. The largest absolute Gasteiger partial charge is 0.481 e. The first-order chi connectivity index (χ1) is 8.19. The summed E-state index contributed by atoms with van der Waals surface area (Å²) in [6, 6.07) is 8.43. The molecule has 2 rings (SSSR count). The van der Waals surface area contributed by atoms with Crippen molar-refractivity contribution in [3.05, 3.63) is 41.6 Å².